The largest absolute Gasteiger partial charge is 0.481 e. The number of rotatable bonds is 8. The molecule has 0 heterocycles. The number of halogens is 1. The van der Waals surface area contributed by atoms with Gasteiger partial charge in [0, 0.05) is 11.1 Å². The predicted octanol–water partition coefficient (Wildman–Crippen LogP) is 3.12. The molecule has 0 aliphatic heterocycles. The normalized spacial score (nSPS) is 12.3. The Bertz CT molecular complexity index is 365. The van der Waals surface area contributed by atoms with Gasteiger partial charge in [0.15, 0.2) is 0 Å². The number of hydrogen-bond donors (Lipinski definition) is 2. The Morgan fingerprint density at radius 2 is 2.06 bits per heavy atom. The van der Waals surface area contributed by atoms with Crippen LogP contribution in [0.5, 0.6) is 0 Å². The smallest absolute Gasteiger partial charge is 0.304 e. The fourth-order valence-electron chi connectivity index (χ4n) is 1.82. The van der Waals surface area contributed by atoms with E-state index in [1.54, 1.807) is 0 Å². The molecule has 1 unspecified atom stereocenters. The van der Waals surface area contributed by atoms with Crippen LogP contribution in [-0.2, 0) is 11.2 Å². The van der Waals surface area contributed by atoms with Crippen LogP contribution >= 0.6 is 11.6 Å². The van der Waals surface area contributed by atoms with Gasteiger partial charge in [0.2, 0.25) is 0 Å². The third-order valence-corrected chi connectivity index (χ3v) is 3.03. The molecule has 0 aromatic heterocycles. The topological polar surface area (TPSA) is 49.3 Å². The third kappa shape index (κ3) is 6.03. The fraction of sp³-hybridized carbons (Fsp3) is 0.500. The Hall–Kier alpha value is -1.06. The number of carboxylic acids is 1. The summed E-state index contributed by atoms with van der Waals surface area (Å²) in [6.45, 7) is 2.98. The van der Waals surface area contributed by atoms with E-state index in [9.17, 15) is 4.79 Å². The van der Waals surface area contributed by atoms with Crippen molar-refractivity contribution in [3.63, 3.8) is 0 Å². The van der Waals surface area contributed by atoms with E-state index in [0.717, 1.165) is 24.9 Å². The van der Waals surface area contributed by atoms with Crippen LogP contribution in [0.1, 0.15) is 31.7 Å². The minimum Gasteiger partial charge on any atom is -0.481 e. The second-order valence-corrected chi connectivity index (χ2v) is 4.87. The first-order chi connectivity index (χ1) is 8.61. The lowest BCUT2D eigenvalue weighted by molar-refractivity contribution is -0.137. The summed E-state index contributed by atoms with van der Waals surface area (Å²) in [7, 11) is 0. The van der Waals surface area contributed by atoms with E-state index in [4.69, 9.17) is 16.7 Å². The molecule has 0 aliphatic carbocycles. The molecule has 1 atom stereocenters. The van der Waals surface area contributed by atoms with Crippen molar-refractivity contribution >= 4 is 17.6 Å². The summed E-state index contributed by atoms with van der Waals surface area (Å²) < 4.78 is 0. The van der Waals surface area contributed by atoms with Crippen molar-refractivity contribution in [2.75, 3.05) is 6.54 Å². The number of nitrogens with one attached hydrogen (secondary N) is 1. The first-order valence-electron chi connectivity index (χ1n) is 6.31. The van der Waals surface area contributed by atoms with E-state index >= 15 is 0 Å². The zero-order valence-corrected chi connectivity index (χ0v) is 11.4. The maximum Gasteiger partial charge on any atom is 0.304 e. The Labute approximate surface area is 113 Å². The van der Waals surface area contributed by atoms with Gasteiger partial charge in [-0.1, -0.05) is 37.1 Å². The molecule has 100 valence electrons. The molecule has 0 bridgehead atoms. The van der Waals surface area contributed by atoms with E-state index in [2.05, 4.69) is 12.2 Å². The first-order valence-corrected chi connectivity index (χ1v) is 6.69. The zero-order chi connectivity index (χ0) is 13.4. The van der Waals surface area contributed by atoms with Crippen LogP contribution in [-0.4, -0.2) is 23.7 Å². The molecule has 0 saturated carbocycles. The summed E-state index contributed by atoms with van der Waals surface area (Å²) in [5.74, 6) is -0.766. The second-order valence-electron chi connectivity index (χ2n) is 4.43. The standard InChI is InChI=1S/C14H20ClNO2/c1-2-3-8-16-13(10-14(17)18)9-11-4-6-12(15)7-5-11/h4-7,13,16H,2-3,8-10H2,1H3,(H,17,18). The third-order valence-electron chi connectivity index (χ3n) is 2.78. The van der Waals surface area contributed by atoms with Crippen LogP contribution in [0.4, 0.5) is 0 Å². The van der Waals surface area contributed by atoms with Crippen molar-refractivity contribution in [2.45, 2.75) is 38.6 Å². The highest BCUT2D eigenvalue weighted by Crippen LogP contribution is 2.12. The molecule has 1 aromatic rings. The van der Waals surface area contributed by atoms with E-state index in [1.807, 2.05) is 24.3 Å². The van der Waals surface area contributed by atoms with E-state index in [0.29, 0.717) is 11.4 Å². The fourth-order valence-corrected chi connectivity index (χ4v) is 1.94. The van der Waals surface area contributed by atoms with Crippen LogP contribution in [0.15, 0.2) is 24.3 Å². The first kappa shape index (κ1) is 15.0. The van der Waals surface area contributed by atoms with Gasteiger partial charge in [-0.15, -0.1) is 0 Å². The highest BCUT2D eigenvalue weighted by atomic mass is 35.5. The summed E-state index contributed by atoms with van der Waals surface area (Å²) >= 11 is 5.83. The van der Waals surface area contributed by atoms with Crippen LogP contribution in [0, 0.1) is 0 Å². The zero-order valence-electron chi connectivity index (χ0n) is 10.7. The summed E-state index contributed by atoms with van der Waals surface area (Å²) in [6.07, 6.45) is 3.03. The molecule has 3 nitrogen and oxygen atoms in total. The van der Waals surface area contributed by atoms with Crippen LogP contribution in [0.25, 0.3) is 0 Å². The number of carbonyl (C=O) groups is 1. The molecule has 2 N–H and O–H groups in total. The molecule has 0 spiro atoms. The SMILES string of the molecule is CCCCNC(CC(=O)O)Cc1ccc(Cl)cc1. The lowest BCUT2D eigenvalue weighted by Gasteiger charge is -2.17. The van der Waals surface area contributed by atoms with E-state index < -0.39 is 5.97 Å². The van der Waals surface area contributed by atoms with Gasteiger partial charge < -0.3 is 10.4 Å². The molecule has 1 aromatic carbocycles. The van der Waals surface area contributed by atoms with Gasteiger partial charge in [-0.3, -0.25) is 4.79 Å². The molecular formula is C14H20ClNO2. The summed E-state index contributed by atoms with van der Waals surface area (Å²) in [4.78, 5) is 10.8. The molecule has 0 saturated heterocycles. The van der Waals surface area contributed by atoms with Gasteiger partial charge in [-0.25, -0.2) is 0 Å². The molecule has 0 radical (unpaired) electrons. The van der Waals surface area contributed by atoms with Crippen molar-refractivity contribution in [1.82, 2.24) is 5.32 Å². The molecule has 4 heteroatoms. The Balaban J connectivity index is 2.53. The molecular weight excluding hydrogens is 250 g/mol. The maximum atomic E-state index is 10.8. The monoisotopic (exact) mass is 269 g/mol. The number of aliphatic carboxylic acids is 1. The van der Waals surface area contributed by atoms with Gasteiger partial charge >= 0.3 is 5.97 Å². The Morgan fingerprint density at radius 3 is 2.61 bits per heavy atom. The second kappa shape index (κ2) is 8.11. The van der Waals surface area contributed by atoms with Gasteiger partial charge in [-0.05, 0) is 37.1 Å². The highest BCUT2D eigenvalue weighted by molar-refractivity contribution is 6.30. The van der Waals surface area contributed by atoms with E-state index in [1.165, 1.54) is 0 Å². The van der Waals surface area contributed by atoms with Crippen molar-refractivity contribution < 1.29 is 9.90 Å². The van der Waals surface area contributed by atoms with Crippen LogP contribution in [0.2, 0.25) is 5.02 Å². The lowest BCUT2D eigenvalue weighted by atomic mass is 10.0. The minimum atomic E-state index is -0.766. The predicted molar refractivity (Wildman–Crippen MR) is 74.1 cm³/mol. The van der Waals surface area contributed by atoms with E-state index in [-0.39, 0.29) is 12.5 Å². The summed E-state index contributed by atoms with van der Waals surface area (Å²) in [6, 6.07) is 7.54. The number of unbranched alkanes of at least 4 members (excludes halogenated alkanes) is 1. The van der Waals surface area contributed by atoms with Crippen molar-refractivity contribution in [3.05, 3.63) is 34.9 Å². The summed E-state index contributed by atoms with van der Waals surface area (Å²) in [5.41, 5.74) is 1.11. The van der Waals surface area contributed by atoms with Crippen LogP contribution < -0.4 is 5.32 Å². The van der Waals surface area contributed by atoms with Gasteiger partial charge in [0.25, 0.3) is 0 Å². The van der Waals surface area contributed by atoms with Crippen molar-refractivity contribution in [1.29, 1.82) is 0 Å². The quantitative estimate of drug-likeness (QED) is 0.713. The van der Waals surface area contributed by atoms with Crippen molar-refractivity contribution in [3.8, 4) is 0 Å². The highest BCUT2D eigenvalue weighted by Gasteiger charge is 2.13. The lowest BCUT2D eigenvalue weighted by Crippen LogP contribution is -2.34. The Morgan fingerprint density at radius 1 is 1.39 bits per heavy atom. The average molecular weight is 270 g/mol. The van der Waals surface area contributed by atoms with Crippen molar-refractivity contribution in [2.24, 2.45) is 0 Å². The molecule has 1 rings (SSSR count). The average Bonchev–Trinajstić information content (AvgIpc) is 2.31. The molecule has 0 amide bonds. The number of hydrogen-bond acceptors (Lipinski definition) is 2. The number of carboxylic acid groups (broad SMARTS) is 1. The molecule has 18 heavy (non-hydrogen) atoms. The van der Waals surface area contributed by atoms with Gasteiger partial charge in [0.1, 0.15) is 0 Å². The maximum absolute atomic E-state index is 10.8. The minimum absolute atomic E-state index is 0.0183. The van der Waals surface area contributed by atoms with Gasteiger partial charge in [0.05, 0.1) is 6.42 Å². The van der Waals surface area contributed by atoms with Crippen LogP contribution in [0.3, 0.4) is 0 Å². The number of benzene rings is 1. The Kier molecular flexibility index (Phi) is 6.76. The molecule has 0 fully saturated rings. The molecule has 0 aliphatic rings. The van der Waals surface area contributed by atoms with Gasteiger partial charge in [-0.2, -0.15) is 0 Å². The summed E-state index contributed by atoms with van der Waals surface area (Å²) in [5, 5.41) is 12.9.